The van der Waals surface area contributed by atoms with Crippen LogP contribution in [-0.4, -0.2) is 16.9 Å². The maximum absolute atomic E-state index is 11.3. The van der Waals surface area contributed by atoms with Crippen molar-refractivity contribution in [3.05, 3.63) is 45.9 Å². The molecular formula is C11H9N3O3. The van der Waals surface area contributed by atoms with Crippen molar-refractivity contribution in [3.8, 4) is 12.1 Å². The molecule has 0 aliphatic carbocycles. The van der Waals surface area contributed by atoms with Crippen LogP contribution in [0.2, 0.25) is 0 Å². The van der Waals surface area contributed by atoms with Crippen LogP contribution in [0.4, 0.5) is 0 Å². The number of hydrogen-bond donors (Lipinski definition) is 0. The van der Waals surface area contributed by atoms with Crippen LogP contribution >= 0.6 is 0 Å². The number of benzene rings is 1. The van der Waals surface area contributed by atoms with Gasteiger partial charge in [-0.3, -0.25) is 0 Å². The van der Waals surface area contributed by atoms with Crippen molar-refractivity contribution in [3.63, 3.8) is 0 Å². The SMILES string of the molecule is COc1nn(Cc2cccc(C#N)c2)c(=O)o1. The molecule has 0 atom stereocenters. The van der Waals surface area contributed by atoms with Gasteiger partial charge in [-0.15, -0.1) is 0 Å². The van der Waals surface area contributed by atoms with E-state index in [4.69, 9.17) is 14.4 Å². The molecule has 0 radical (unpaired) electrons. The van der Waals surface area contributed by atoms with Crippen LogP contribution in [0.25, 0.3) is 0 Å². The number of aromatic nitrogens is 2. The van der Waals surface area contributed by atoms with Gasteiger partial charge in [-0.2, -0.15) is 9.94 Å². The third kappa shape index (κ3) is 2.34. The minimum Gasteiger partial charge on any atom is -0.452 e. The van der Waals surface area contributed by atoms with Crippen LogP contribution in [0, 0.1) is 11.3 Å². The standard InChI is InChI=1S/C11H9N3O3/c1-16-10-13-14(11(15)17-10)7-9-4-2-3-8(5-9)6-12/h2-5H,7H2,1H3. The summed E-state index contributed by atoms with van der Waals surface area (Å²) in [5.74, 6) is -0.593. The van der Waals surface area contributed by atoms with E-state index in [0.29, 0.717) is 5.56 Å². The van der Waals surface area contributed by atoms with E-state index < -0.39 is 5.76 Å². The summed E-state index contributed by atoms with van der Waals surface area (Å²) in [6.07, 6.45) is -0.0774. The third-order valence-electron chi connectivity index (χ3n) is 2.15. The predicted molar refractivity (Wildman–Crippen MR) is 57.6 cm³/mol. The normalized spacial score (nSPS) is 9.88. The number of nitrogens with zero attached hydrogens (tertiary/aromatic N) is 3. The molecule has 0 N–H and O–H groups in total. The molecule has 0 saturated heterocycles. The Bertz CT molecular complexity index is 621. The monoisotopic (exact) mass is 231 g/mol. The molecule has 0 bridgehead atoms. The summed E-state index contributed by atoms with van der Waals surface area (Å²) in [4.78, 5) is 11.3. The molecule has 0 aliphatic heterocycles. The van der Waals surface area contributed by atoms with Crippen LogP contribution < -0.4 is 10.5 Å². The Morgan fingerprint density at radius 2 is 2.41 bits per heavy atom. The molecule has 0 saturated carbocycles. The molecule has 17 heavy (non-hydrogen) atoms. The number of nitriles is 1. The lowest BCUT2D eigenvalue weighted by atomic mass is 10.1. The highest BCUT2D eigenvalue weighted by molar-refractivity contribution is 5.32. The zero-order chi connectivity index (χ0) is 12.3. The average Bonchev–Trinajstić information content (AvgIpc) is 2.70. The molecule has 6 heteroatoms. The van der Waals surface area contributed by atoms with Gasteiger partial charge < -0.3 is 9.15 Å². The van der Waals surface area contributed by atoms with Crippen LogP contribution in [-0.2, 0) is 6.54 Å². The fraction of sp³-hybridized carbons (Fsp3) is 0.182. The lowest BCUT2D eigenvalue weighted by Crippen LogP contribution is -2.16. The van der Waals surface area contributed by atoms with Crippen molar-refractivity contribution in [2.24, 2.45) is 0 Å². The van der Waals surface area contributed by atoms with Gasteiger partial charge in [0.2, 0.25) is 0 Å². The van der Waals surface area contributed by atoms with Gasteiger partial charge >= 0.3 is 11.8 Å². The Labute approximate surface area is 96.7 Å². The van der Waals surface area contributed by atoms with E-state index in [9.17, 15) is 4.79 Å². The first-order valence-electron chi connectivity index (χ1n) is 4.84. The summed E-state index contributed by atoms with van der Waals surface area (Å²) in [7, 11) is 1.37. The Morgan fingerprint density at radius 3 is 3.06 bits per heavy atom. The predicted octanol–water partition coefficient (Wildman–Crippen LogP) is 0.765. The molecule has 1 heterocycles. The van der Waals surface area contributed by atoms with E-state index in [0.717, 1.165) is 10.2 Å². The number of hydrogen-bond acceptors (Lipinski definition) is 5. The first kappa shape index (κ1) is 11.0. The molecule has 6 nitrogen and oxygen atoms in total. The summed E-state index contributed by atoms with van der Waals surface area (Å²) in [6, 6.07) is 8.95. The molecule has 2 aromatic rings. The summed E-state index contributed by atoms with van der Waals surface area (Å²) in [6.45, 7) is 0.237. The van der Waals surface area contributed by atoms with Crippen LogP contribution in [0.1, 0.15) is 11.1 Å². The Balaban J connectivity index is 2.28. The first-order valence-corrected chi connectivity index (χ1v) is 4.84. The van der Waals surface area contributed by atoms with Gasteiger partial charge in [0.15, 0.2) is 0 Å². The van der Waals surface area contributed by atoms with E-state index >= 15 is 0 Å². The molecule has 1 aromatic heterocycles. The van der Waals surface area contributed by atoms with Crippen molar-refractivity contribution in [2.45, 2.75) is 6.54 Å². The highest BCUT2D eigenvalue weighted by Gasteiger charge is 2.08. The smallest absolute Gasteiger partial charge is 0.439 e. The molecule has 86 valence electrons. The van der Waals surface area contributed by atoms with Gasteiger partial charge in [0.05, 0.1) is 25.3 Å². The van der Waals surface area contributed by atoms with Crippen molar-refractivity contribution in [1.82, 2.24) is 9.78 Å². The molecule has 2 rings (SSSR count). The van der Waals surface area contributed by atoms with Gasteiger partial charge in [-0.1, -0.05) is 17.2 Å². The van der Waals surface area contributed by atoms with Crippen LogP contribution in [0.15, 0.2) is 33.5 Å². The number of methoxy groups -OCH3 is 1. The van der Waals surface area contributed by atoms with E-state index in [-0.39, 0.29) is 12.6 Å². The maximum atomic E-state index is 11.3. The molecule has 1 aromatic carbocycles. The molecular weight excluding hydrogens is 222 g/mol. The van der Waals surface area contributed by atoms with Gasteiger partial charge in [0.1, 0.15) is 0 Å². The third-order valence-corrected chi connectivity index (χ3v) is 2.15. The zero-order valence-corrected chi connectivity index (χ0v) is 9.08. The topological polar surface area (TPSA) is 81.0 Å². The van der Waals surface area contributed by atoms with Crippen LogP contribution in [0.3, 0.4) is 0 Å². The quantitative estimate of drug-likeness (QED) is 0.779. The summed E-state index contributed by atoms with van der Waals surface area (Å²) < 4.78 is 10.5. The average molecular weight is 231 g/mol. The lowest BCUT2D eigenvalue weighted by molar-refractivity contribution is 0.282. The second kappa shape index (κ2) is 4.53. The van der Waals surface area contributed by atoms with Crippen LogP contribution in [0.5, 0.6) is 6.08 Å². The number of rotatable bonds is 3. The van der Waals surface area contributed by atoms with Crippen molar-refractivity contribution < 1.29 is 9.15 Å². The van der Waals surface area contributed by atoms with Gasteiger partial charge in [0, 0.05) is 0 Å². The molecule has 0 spiro atoms. The van der Waals surface area contributed by atoms with Crippen molar-refractivity contribution in [2.75, 3.05) is 7.11 Å². The number of ether oxygens (including phenoxy) is 1. The zero-order valence-electron chi connectivity index (χ0n) is 9.08. The van der Waals surface area contributed by atoms with Crippen molar-refractivity contribution >= 4 is 0 Å². The maximum Gasteiger partial charge on any atom is 0.439 e. The summed E-state index contributed by atoms with van der Waals surface area (Å²) in [5, 5.41) is 12.6. The lowest BCUT2D eigenvalue weighted by Gasteiger charge is -1.99. The fourth-order valence-corrected chi connectivity index (χ4v) is 1.38. The Kier molecular flexibility index (Phi) is 2.92. The van der Waals surface area contributed by atoms with Crippen molar-refractivity contribution in [1.29, 1.82) is 5.26 Å². The minimum atomic E-state index is -0.593. The van der Waals surface area contributed by atoms with E-state index in [1.807, 2.05) is 6.07 Å². The summed E-state index contributed by atoms with van der Waals surface area (Å²) in [5.41, 5.74) is 1.33. The van der Waals surface area contributed by atoms with E-state index in [2.05, 4.69) is 5.10 Å². The van der Waals surface area contributed by atoms with Gasteiger partial charge in [0.25, 0.3) is 0 Å². The summed E-state index contributed by atoms with van der Waals surface area (Å²) >= 11 is 0. The van der Waals surface area contributed by atoms with E-state index in [1.54, 1.807) is 24.3 Å². The molecule has 0 fully saturated rings. The first-order chi connectivity index (χ1) is 8.22. The Hall–Kier alpha value is -2.55. The van der Waals surface area contributed by atoms with Gasteiger partial charge in [-0.05, 0) is 17.7 Å². The minimum absolute atomic E-state index is 0.0774. The van der Waals surface area contributed by atoms with E-state index in [1.165, 1.54) is 7.11 Å². The molecule has 0 unspecified atom stereocenters. The largest absolute Gasteiger partial charge is 0.452 e. The highest BCUT2D eigenvalue weighted by atomic mass is 16.6. The highest BCUT2D eigenvalue weighted by Crippen LogP contribution is 2.06. The molecule has 0 amide bonds. The Morgan fingerprint density at radius 1 is 1.59 bits per heavy atom. The second-order valence-corrected chi connectivity index (χ2v) is 3.31. The fourth-order valence-electron chi connectivity index (χ4n) is 1.38. The second-order valence-electron chi connectivity index (χ2n) is 3.31. The molecule has 0 aliphatic rings. The van der Waals surface area contributed by atoms with Gasteiger partial charge in [-0.25, -0.2) is 4.79 Å².